The van der Waals surface area contributed by atoms with E-state index in [1.54, 1.807) is 0 Å². The predicted octanol–water partition coefficient (Wildman–Crippen LogP) is 9.09. The summed E-state index contributed by atoms with van der Waals surface area (Å²) < 4.78 is 34.5. The van der Waals surface area contributed by atoms with Crippen molar-refractivity contribution in [2.75, 3.05) is 13.2 Å². The highest BCUT2D eigenvalue weighted by Gasteiger charge is 2.17. The van der Waals surface area contributed by atoms with Gasteiger partial charge in [-0.3, -0.25) is 0 Å². The SMILES string of the molecule is CCCCCCC(C)CCCC(C)COS(=O)(=O)OCC(C)CCCC(C)CCCCCC. The lowest BCUT2D eigenvalue weighted by Crippen LogP contribution is -2.18. The van der Waals surface area contributed by atoms with Gasteiger partial charge in [0.25, 0.3) is 0 Å². The number of unbranched alkanes of at least 4 members (excludes halogenated alkanes) is 6. The smallest absolute Gasteiger partial charge is 0.248 e. The van der Waals surface area contributed by atoms with Crippen LogP contribution >= 0.6 is 0 Å². The zero-order valence-corrected chi connectivity index (χ0v) is 23.9. The van der Waals surface area contributed by atoms with E-state index < -0.39 is 10.4 Å². The maximum absolute atomic E-state index is 12.1. The van der Waals surface area contributed by atoms with Gasteiger partial charge in [-0.2, -0.15) is 8.42 Å². The van der Waals surface area contributed by atoms with Gasteiger partial charge in [0.15, 0.2) is 0 Å². The third kappa shape index (κ3) is 22.1. The standard InChI is InChI=1S/C28H58O4S/c1-7-9-11-13-17-25(3)19-15-21-27(5)23-31-33(29,30)32-24-28(6)22-16-20-26(4)18-14-12-10-8-2/h25-28H,7-24H2,1-6H3. The lowest BCUT2D eigenvalue weighted by molar-refractivity contribution is 0.169. The van der Waals surface area contributed by atoms with E-state index in [9.17, 15) is 8.42 Å². The fourth-order valence-electron chi connectivity index (χ4n) is 4.36. The second-order valence-electron chi connectivity index (χ2n) is 11.0. The van der Waals surface area contributed by atoms with Crippen LogP contribution < -0.4 is 0 Å². The summed E-state index contributed by atoms with van der Waals surface area (Å²) in [6, 6.07) is 0. The van der Waals surface area contributed by atoms with E-state index in [-0.39, 0.29) is 25.0 Å². The third-order valence-corrected chi connectivity index (χ3v) is 7.73. The first-order valence-electron chi connectivity index (χ1n) is 14.2. The van der Waals surface area contributed by atoms with Crippen molar-refractivity contribution < 1.29 is 16.8 Å². The van der Waals surface area contributed by atoms with Crippen molar-refractivity contribution in [3.63, 3.8) is 0 Å². The van der Waals surface area contributed by atoms with E-state index in [0.717, 1.165) is 37.5 Å². The van der Waals surface area contributed by atoms with E-state index in [1.165, 1.54) is 77.0 Å². The first-order chi connectivity index (χ1) is 15.7. The second-order valence-corrected chi connectivity index (χ2v) is 12.2. The molecule has 0 aliphatic carbocycles. The molecule has 0 fully saturated rings. The molecule has 0 amide bonds. The Kier molecular flexibility index (Phi) is 21.1. The summed E-state index contributed by atoms with van der Waals surface area (Å²) in [4.78, 5) is 0. The van der Waals surface area contributed by atoms with Crippen molar-refractivity contribution in [1.29, 1.82) is 0 Å². The minimum Gasteiger partial charge on any atom is -0.248 e. The van der Waals surface area contributed by atoms with Crippen molar-refractivity contribution in [2.24, 2.45) is 23.7 Å². The molecule has 0 spiro atoms. The molecular weight excluding hydrogens is 432 g/mol. The Labute approximate surface area is 208 Å². The first-order valence-corrected chi connectivity index (χ1v) is 15.6. The Morgan fingerprint density at radius 1 is 0.485 bits per heavy atom. The molecule has 4 atom stereocenters. The molecule has 5 heteroatoms. The van der Waals surface area contributed by atoms with Crippen LogP contribution in [0.1, 0.15) is 144 Å². The highest BCUT2D eigenvalue weighted by atomic mass is 32.3. The van der Waals surface area contributed by atoms with Crippen molar-refractivity contribution in [1.82, 2.24) is 0 Å². The largest absolute Gasteiger partial charge is 0.399 e. The van der Waals surface area contributed by atoms with Crippen LogP contribution in [0.25, 0.3) is 0 Å². The van der Waals surface area contributed by atoms with Gasteiger partial charge >= 0.3 is 10.4 Å². The van der Waals surface area contributed by atoms with Crippen molar-refractivity contribution in [3.05, 3.63) is 0 Å². The molecule has 0 saturated heterocycles. The molecule has 33 heavy (non-hydrogen) atoms. The van der Waals surface area contributed by atoms with Crippen LogP contribution in [0.2, 0.25) is 0 Å². The Morgan fingerprint density at radius 2 is 0.818 bits per heavy atom. The Bertz CT molecular complexity index is 480. The van der Waals surface area contributed by atoms with Gasteiger partial charge in [-0.05, 0) is 36.5 Å². The molecule has 0 N–H and O–H groups in total. The molecule has 0 rings (SSSR count). The molecule has 0 aromatic heterocycles. The Hall–Kier alpha value is -0.130. The van der Waals surface area contributed by atoms with E-state index in [4.69, 9.17) is 8.37 Å². The normalized spacial score (nSPS) is 15.9. The Balaban J connectivity index is 3.84. The highest BCUT2D eigenvalue weighted by molar-refractivity contribution is 7.81. The minimum atomic E-state index is -3.89. The summed E-state index contributed by atoms with van der Waals surface area (Å²) in [5.41, 5.74) is 0. The molecule has 4 nitrogen and oxygen atoms in total. The zero-order valence-electron chi connectivity index (χ0n) is 23.1. The molecule has 0 bridgehead atoms. The fourth-order valence-corrected chi connectivity index (χ4v) is 5.22. The van der Waals surface area contributed by atoms with Crippen molar-refractivity contribution in [3.8, 4) is 0 Å². The quantitative estimate of drug-likeness (QED) is 0.127. The molecule has 4 unspecified atom stereocenters. The zero-order chi connectivity index (χ0) is 25.0. The summed E-state index contributed by atoms with van der Waals surface area (Å²) in [7, 11) is -3.89. The lowest BCUT2D eigenvalue weighted by Gasteiger charge is -2.16. The molecule has 0 aliphatic heterocycles. The van der Waals surface area contributed by atoms with Crippen LogP contribution in [0.5, 0.6) is 0 Å². The maximum atomic E-state index is 12.1. The van der Waals surface area contributed by atoms with Crippen LogP contribution in [0.3, 0.4) is 0 Å². The summed E-state index contributed by atoms with van der Waals surface area (Å²) in [6.07, 6.45) is 19.9. The average Bonchev–Trinajstić information content (AvgIpc) is 2.77. The van der Waals surface area contributed by atoms with E-state index in [1.807, 2.05) is 0 Å². The van der Waals surface area contributed by atoms with E-state index in [0.29, 0.717) is 0 Å². The van der Waals surface area contributed by atoms with Gasteiger partial charge in [-0.15, -0.1) is 0 Å². The van der Waals surface area contributed by atoms with E-state index >= 15 is 0 Å². The monoisotopic (exact) mass is 490 g/mol. The van der Waals surface area contributed by atoms with Crippen molar-refractivity contribution in [2.45, 2.75) is 144 Å². The first kappa shape index (κ1) is 32.9. The third-order valence-electron chi connectivity index (χ3n) is 6.88. The van der Waals surface area contributed by atoms with Gasteiger partial charge in [-0.1, -0.05) is 131 Å². The molecule has 0 heterocycles. The summed E-state index contributed by atoms with van der Waals surface area (Å²) >= 11 is 0. The van der Waals surface area contributed by atoms with Gasteiger partial charge in [0.05, 0.1) is 13.2 Å². The second kappa shape index (κ2) is 21.2. The Morgan fingerprint density at radius 3 is 1.18 bits per heavy atom. The maximum Gasteiger partial charge on any atom is 0.399 e. The molecule has 0 aromatic rings. The fraction of sp³-hybridized carbons (Fsp3) is 1.00. The number of hydrogen-bond donors (Lipinski definition) is 0. The van der Waals surface area contributed by atoms with Crippen LogP contribution in [-0.2, 0) is 18.8 Å². The summed E-state index contributed by atoms with van der Waals surface area (Å²) in [5, 5.41) is 0. The predicted molar refractivity (Wildman–Crippen MR) is 143 cm³/mol. The molecule has 0 aromatic carbocycles. The van der Waals surface area contributed by atoms with Gasteiger partial charge < -0.3 is 0 Å². The van der Waals surface area contributed by atoms with Gasteiger partial charge in [0.1, 0.15) is 0 Å². The minimum absolute atomic E-state index is 0.219. The van der Waals surface area contributed by atoms with Crippen LogP contribution in [-0.4, -0.2) is 21.6 Å². The number of hydrogen-bond acceptors (Lipinski definition) is 4. The van der Waals surface area contributed by atoms with E-state index in [2.05, 4.69) is 41.5 Å². The highest BCUT2D eigenvalue weighted by Crippen LogP contribution is 2.20. The molecular formula is C28H58O4S. The molecule has 0 aliphatic rings. The van der Waals surface area contributed by atoms with Crippen LogP contribution in [0.15, 0.2) is 0 Å². The van der Waals surface area contributed by atoms with Gasteiger partial charge in [0.2, 0.25) is 0 Å². The lowest BCUT2D eigenvalue weighted by atomic mass is 9.95. The van der Waals surface area contributed by atoms with Gasteiger partial charge in [-0.25, -0.2) is 8.37 Å². The number of rotatable bonds is 24. The summed E-state index contributed by atoms with van der Waals surface area (Å²) in [5.74, 6) is 1.97. The van der Waals surface area contributed by atoms with Crippen LogP contribution in [0, 0.1) is 23.7 Å². The molecule has 0 radical (unpaired) electrons. The summed E-state index contributed by atoms with van der Waals surface area (Å²) in [6.45, 7) is 13.7. The van der Waals surface area contributed by atoms with Gasteiger partial charge in [0, 0.05) is 0 Å². The molecule has 0 saturated carbocycles. The molecule has 200 valence electrons. The topological polar surface area (TPSA) is 52.6 Å². The average molecular weight is 491 g/mol. The van der Waals surface area contributed by atoms with Crippen molar-refractivity contribution >= 4 is 10.4 Å². The van der Waals surface area contributed by atoms with Crippen LogP contribution in [0.4, 0.5) is 0 Å².